The summed E-state index contributed by atoms with van der Waals surface area (Å²) in [4.78, 5) is 10.2. The van der Waals surface area contributed by atoms with Crippen LogP contribution in [-0.2, 0) is 18.4 Å². The fourth-order valence-electron chi connectivity index (χ4n) is 3.06. The molecule has 4 rings (SSSR count). The van der Waals surface area contributed by atoms with Gasteiger partial charge in [-0.05, 0) is 5.56 Å². The molecule has 0 aliphatic carbocycles. The van der Waals surface area contributed by atoms with Gasteiger partial charge in [-0.15, -0.1) is 11.3 Å². The summed E-state index contributed by atoms with van der Waals surface area (Å²) in [7, 11) is 3.45. The number of aliphatic hydroxyl groups excluding tert-OH is 1. The highest BCUT2D eigenvalue weighted by atomic mass is 32.1. The summed E-state index contributed by atoms with van der Waals surface area (Å²) in [6, 6.07) is 10.2. The highest BCUT2D eigenvalue weighted by Crippen LogP contribution is 2.37. The van der Waals surface area contributed by atoms with Gasteiger partial charge in [0.25, 0.3) is 0 Å². The molecule has 0 amide bonds. The normalized spacial score (nSPS) is 12.4. The van der Waals surface area contributed by atoms with Crippen LogP contribution in [0.25, 0.3) is 21.3 Å². The van der Waals surface area contributed by atoms with Crippen LogP contribution in [0.2, 0.25) is 0 Å². The molecule has 1 aromatic carbocycles. The first-order valence-electron chi connectivity index (χ1n) is 8.88. The predicted octanol–water partition coefficient (Wildman–Crippen LogP) is 3.38. The monoisotopic (exact) mass is 395 g/mol. The molecule has 0 spiro atoms. The number of ether oxygens (including phenoxy) is 1. The Kier molecular flexibility index (Phi) is 5.34. The number of thiophene rings is 1. The van der Waals surface area contributed by atoms with Crippen molar-refractivity contribution < 1.29 is 9.84 Å². The first-order valence-corrected chi connectivity index (χ1v) is 9.76. The number of rotatable bonds is 7. The summed E-state index contributed by atoms with van der Waals surface area (Å²) in [5.74, 6) is 1.30. The summed E-state index contributed by atoms with van der Waals surface area (Å²) in [5.41, 5.74) is 2.93. The average Bonchev–Trinajstić information content (AvgIpc) is 3.33. The summed E-state index contributed by atoms with van der Waals surface area (Å²) < 4.78 is 6.88. The highest BCUT2D eigenvalue weighted by molar-refractivity contribution is 7.17. The standard InChI is InChI=1S/C20H21N5O2S/c1-25-10-14(8-22-25)16(26)9-21-19-18-15(13-6-4-3-5-7-13)12-28-20(18)24-17(23-19)11-27-2/h3-8,10,12,16,26H,9,11H2,1-2H3,(H,21,23,24)/t16-/m1/s1. The quantitative estimate of drug-likeness (QED) is 0.499. The van der Waals surface area contributed by atoms with Crippen LogP contribution in [0.1, 0.15) is 17.5 Å². The molecular weight excluding hydrogens is 374 g/mol. The number of methoxy groups -OCH3 is 1. The van der Waals surface area contributed by atoms with E-state index in [-0.39, 0.29) is 0 Å². The molecule has 0 aliphatic heterocycles. The highest BCUT2D eigenvalue weighted by Gasteiger charge is 2.17. The molecule has 0 saturated heterocycles. The molecule has 3 aromatic heterocycles. The molecule has 0 bridgehead atoms. The van der Waals surface area contributed by atoms with Gasteiger partial charge in [0, 0.05) is 43.4 Å². The van der Waals surface area contributed by atoms with Crippen molar-refractivity contribution in [3.8, 4) is 11.1 Å². The van der Waals surface area contributed by atoms with Crippen molar-refractivity contribution in [3.05, 3.63) is 59.5 Å². The number of nitrogens with one attached hydrogen (secondary N) is 1. The molecule has 144 valence electrons. The van der Waals surface area contributed by atoms with Crippen molar-refractivity contribution in [2.24, 2.45) is 7.05 Å². The van der Waals surface area contributed by atoms with E-state index in [4.69, 9.17) is 4.74 Å². The number of aryl methyl sites for hydroxylation is 1. The van der Waals surface area contributed by atoms with Crippen molar-refractivity contribution >= 4 is 27.4 Å². The molecule has 0 radical (unpaired) electrons. The number of benzene rings is 1. The summed E-state index contributed by atoms with van der Waals surface area (Å²) in [6.07, 6.45) is 2.78. The molecule has 0 unspecified atom stereocenters. The van der Waals surface area contributed by atoms with Gasteiger partial charge in [0.05, 0.1) is 17.7 Å². The Bertz CT molecular complexity index is 1080. The smallest absolute Gasteiger partial charge is 0.158 e. The Hall–Kier alpha value is -2.81. The molecule has 8 heteroatoms. The van der Waals surface area contributed by atoms with E-state index >= 15 is 0 Å². The Morgan fingerprint density at radius 2 is 2.07 bits per heavy atom. The van der Waals surface area contributed by atoms with Crippen LogP contribution in [0.15, 0.2) is 48.1 Å². The minimum Gasteiger partial charge on any atom is -0.386 e. The first-order chi connectivity index (χ1) is 13.7. The lowest BCUT2D eigenvalue weighted by atomic mass is 10.1. The van der Waals surface area contributed by atoms with Gasteiger partial charge in [-0.2, -0.15) is 5.10 Å². The molecular formula is C20H21N5O2S. The lowest BCUT2D eigenvalue weighted by Crippen LogP contribution is -2.14. The fourth-order valence-corrected chi connectivity index (χ4v) is 4.03. The van der Waals surface area contributed by atoms with Crippen LogP contribution < -0.4 is 5.32 Å². The second-order valence-corrected chi connectivity index (χ2v) is 7.32. The summed E-state index contributed by atoms with van der Waals surface area (Å²) >= 11 is 1.57. The molecule has 1 atom stereocenters. The summed E-state index contributed by atoms with van der Waals surface area (Å²) in [5, 5.41) is 21.0. The van der Waals surface area contributed by atoms with E-state index in [1.807, 2.05) is 25.2 Å². The SMILES string of the molecule is COCc1nc(NC[C@@H](O)c2cnn(C)c2)c2c(-c3ccccc3)csc2n1. The Morgan fingerprint density at radius 3 is 2.79 bits per heavy atom. The molecule has 0 fully saturated rings. The fraction of sp³-hybridized carbons (Fsp3) is 0.250. The Labute approximate surface area is 166 Å². The van der Waals surface area contributed by atoms with E-state index < -0.39 is 6.10 Å². The van der Waals surface area contributed by atoms with Crippen molar-refractivity contribution in [3.63, 3.8) is 0 Å². The van der Waals surface area contributed by atoms with Gasteiger partial charge < -0.3 is 15.2 Å². The maximum atomic E-state index is 10.5. The number of anilines is 1. The van der Waals surface area contributed by atoms with Gasteiger partial charge in [-0.1, -0.05) is 30.3 Å². The van der Waals surface area contributed by atoms with Crippen LogP contribution in [0, 0.1) is 0 Å². The third-order valence-corrected chi connectivity index (χ3v) is 5.28. The van der Waals surface area contributed by atoms with Gasteiger partial charge in [0.1, 0.15) is 17.3 Å². The number of aromatic nitrogens is 4. The van der Waals surface area contributed by atoms with Crippen LogP contribution in [0.3, 0.4) is 0 Å². The van der Waals surface area contributed by atoms with Gasteiger partial charge in [-0.25, -0.2) is 9.97 Å². The lowest BCUT2D eigenvalue weighted by Gasteiger charge is -2.13. The van der Waals surface area contributed by atoms with Crippen LogP contribution in [0.5, 0.6) is 0 Å². The minimum absolute atomic E-state index is 0.314. The maximum absolute atomic E-state index is 10.5. The number of hydrogen-bond acceptors (Lipinski definition) is 7. The molecule has 2 N–H and O–H groups in total. The van der Waals surface area contributed by atoms with Crippen LogP contribution in [0.4, 0.5) is 5.82 Å². The van der Waals surface area contributed by atoms with Gasteiger partial charge in [0.2, 0.25) is 0 Å². The van der Waals surface area contributed by atoms with Crippen LogP contribution >= 0.6 is 11.3 Å². The minimum atomic E-state index is -0.691. The number of hydrogen-bond donors (Lipinski definition) is 2. The van der Waals surface area contributed by atoms with Crippen molar-refractivity contribution in [1.29, 1.82) is 0 Å². The van der Waals surface area contributed by atoms with Crippen molar-refractivity contribution in [2.75, 3.05) is 19.0 Å². The largest absolute Gasteiger partial charge is 0.386 e. The Balaban J connectivity index is 1.70. The van der Waals surface area contributed by atoms with Crippen molar-refractivity contribution in [2.45, 2.75) is 12.7 Å². The molecule has 7 nitrogen and oxygen atoms in total. The third kappa shape index (κ3) is 3.75. The molecule has 0 saturated carbocycles. The maximum Gasteiger partial charge on any atom is 0.158 e. The number of nitrogens with zero attached hydrogens (tertiary/aromatic N) is 4. The molecule has 28 heavy (non-hydrogen) atoms. The Morgan fingerprint density at radius 1 is 1.25 bits per heavy atom. The predicted molar refractivity (Wildman–Crippen MR) is 110 cm³/mol. The third-order valence-electron chi connectivity index (χ3n) is 4.41. The van der Waals surface area contributed by atoms with Gasteiger partial charge in [-0.3, -0.25) is 4.68 Å². The van der Waals surface area contributed by atoms with Gasteiger partial charge >= 0.3 is 0 Å². The van der Waals surface area contributed by atoms with E-state index in [1.165, 1.54) is 0 Å². The molecule has 3 heterocycles. The zero-order chi connectivity index (χ0) is 19.5. The van der Waals surface area contributed by atoms with Crippen molar-refractivity contribution in [1.82, 2.24) is 19.7 Å². The van der Waals surface area contributed by atoms with E-state index in [9.17, 15) is 5.11 Å². The van der Waals surface area contributed by atoms with E-state index in [2.05, 4.69) is 37.9 Å². The molecule has 0 aliphatic rings. The van der Waals surface area contributed by atoms with Crippen LogP contribution in [-0.4, -0.2) is 38.5 Å². The van der Waals surface area contributed by atoms with E-state index in [0.29, 0.717) is 24.8 Å². The van der Waals surface area contributed by atoms with Gasteiger partial charge in [0.15, 0.2) is 5.82 Å². The lowest BCUT2D eigenvalue weighted by molar-refractivity contribution is 0.178. The zero-order valence-corrected chi connectivity index (χ0v) is 16.5. The second-order valence-electron chi connectivity index (χ2n) is 6.46. The van der Waals surface area contributed by atoms with E-state index in [1.54, 1.807) is 35.5 Å². The number of aliphatic hydroxyl groups is 1. The average molecular weight is 395 g/mol. The first kappa shape index (κ1) is 18.5. The second kappa shape index (κ2) is 8.05. The summed E-state index contributed by atoms with van der Waals surface area (Å²) in [6.45, 7) is 0.642. The number of fused-ring (bicyclic) bond motifs is 1. The molecule has 4 aromatic rings. The zero-order valence-electron chi connectivity index (χ0n) is 15.7. The topological polar surface area (TPSA) is 85.1 Å². The van der Waals surface area contributed by atoms with E-state index in [0.717, 1.165) is 26.9 Å².